The molecule has 5 heteroatoms. The van der Waals surface area contributed by atoms with Crippen LogP contribution in [0.5, 0.6) is 5.75 Å². The van der Waals surface area contributed by atoms with Gasteiger partial charge in [-0.1, -0.05) is 74.0 Å². The van der Waals surface area contributed by atoms with Crippen molar-refractivity contribution in [3.8, 4) is 17.0 Å². The van der Waals surface area contributed by atoms with Gasteiger partial charge in [-0.25, -0.2) is 4.98 Å². The van der Waals surface area contributed by atoms with E-state index in [-0.39, 0.29) is 5.91 Å². The van der Waals surface area contributed by atoms with Crippen LogP contribution in [0.2, 0.25) is 0 Å². The molecule has 3 aromatic carbocycles. The molecule has 0 unspecified atom stereocenters. The van der Waals surface area contributed by atoms with Crippen molar-refractivity contribution in [2.24, 2.45) is 0 Å². The van der Waals surface area contributed by atoms with Crippen LogP contribution in [0, 0.1) is 0 Å². The molecule has 0 bridgehead atoms. The van der Waals surface area contributed by atoms with Gasteiger partial charge in [0.15, 0.2) is 5.13 Å². The van der Waals surface area contributed by atoms with Crippen molar-refractivity contribution < 1.29 is 9.53 Å². The maximum absolute atomic E-state index is 13.3. The number of carbonyl (C=O) groups excluding carboxylic acids is 1. The zero-order valence-electron chi connectivity index (χ0n) is 18.0. The molecule has 1 heterocycles. The quantitative estimate of drug-likeness (QED) is 0.291. The van der Waals surface area contributed by atoms with E-state index in [0.717, 1.165) is 47.6 Å². The van der Waals surface area contributed by atoms with Gasteiger partial charge in [-0.2, -0.15) is 0 Å². The number of carbonyl (C=O) groups is 1. The number of hydrogen-bond donors (Lipinski definition) is 1. The zero-order valence-corrected chi connectivity index (χ0v) is 18.8. The maximum Gasteiger partial charge on any atom is 0.238 e. The van der Waals surface area contributed by atoms with Gasteiger partial charge in [0.05, 0.1) is 18.2 Å². The van der Waals surface area contributed by atoms with Crippen LogP contribution in [0.25, 0.3) is 11.3 Å². The van der Waals surface area contributed by atoms with Gasteiger partial charge in [0.1, 0.15) is 5.75 Å². The second kappa shape index (κ2) is 10.7. The highest BCUT2D eigenvalue weighted by Gasteiger charge is 2.23. The van der Waals surface area contributed by atoms with Crippen LogP contribution in [-0.4, -0.2) is 17.5 Å². The monoisotopic (exact) mass is 442 g/mol. The molecule has 0 atom stereocenters. The molecule has 32 heavy (non-hydrogen) atoms. The van der Waals surface area contributed by atoms with Crippen LogP contribution in [0.15, 0.2) is 90.3 Å². The number of rotatable bonds is 9. The van der Waals surface area contributed by atoms with Crippen LogP contribution in [0.4, 0.5) is 5.13 Å². The smallest absolute Gasteiger partial charge is 0.238 e. The summed E-state index contributed by atoms with van der Waals surface area (Å²) >= 11 is 1.43. The number of thiazole rings is 1. The summed E-state index contributed by atoms with van der Waals surface area (Å²) in [7, 11) is 0. The molecular weight excluding hydrogens is 416 g/mol. The first-order chi connectivity index (χ1) is 15.7. The lowest BCUT2D eigenvalue weighted by atomic mass is 9.90. The minimum absolute atomic E-state index is 0.0945. The number of amides is 1. The number of nitrogens with one attached hydrogen (secondary N) is 1. The van der Waals surface area contributed by atoms with Crippen molar-refractivity contribution in [3.05, 3.63) is 101 Å². The molecule has 162 valence electrons. The highest BCUT2D eigenvalue weighted by Crippen LogP contribution is 2.30. The molecule has 1 N–H and O–H groups in total. The molecule has 1 aromatic heterocycles. The first kappa shape index (κ1) is 21.8. The average Bonchev–Trinajstić information content (AvgIpc) is 3.30. The van der Waals surface area contributed by atoms with Crippen molar-refractivity contribution in [2.75, 3.05) is 11.9 Å². The number of unbranched alkanes of at least 4 members (excludes halogenated alkanes) is 1. The molecule has 4 rings (SSSR count). The summed E-state index contributed by atoms with van der Waals surface area (Å²) < 4.78 is 5.73. The Morgan fingerprint density at radius 1 is 0.938 bits per heavy atom. The summed E-state index contributed by atoms with van der Waals surface area (Å²) in [6.45, 7) is 2.87. The van der Waals surface area contributed by atoms with E-state index in [4.69, 9.17) is 4.74 Å². The lowest BCUT2D eigenvalue weighted by Gasteiger charge is -2.17. The standard InChI is InChI=1S/C27H26N2O2S/c1-2-3-18-31-23-16-14-20(15-17-23)24-19-32-27(28-24)29-26(30)25(21-10-6-4-7-11-21)22-12-8-5-9-13-22/h4-17,19,25H,2-3,18H2,1H3,(H,28,29,30). The second-order valence-corrected chi connectivity index (χ2v) is 8.37. The van der Waals surface area contributed by atoms with Gasteiger partial charge in [0, 0.05) is 10.9 Å². The fourth-order valence-electron chi connectivity index (χ4n) is 3.48. The van der Waals surface area contributed by atoms with E-state index in [2.05, 4.69) is 17.2 Å². The van der Waals surface area contributed by atoms with Crippen molar-refractivity contribution in [2.45, 2.75) is 25.7 Å². The summed E-state index contributed by atoms with van der Waals surface area (Å²) in [4.78, 5) is 17.9. The molecular formula is C27H26N2O2S. The van der Waals surface area contributed by atoms with Crippen LogP contribution >= 0.6 is 11.3 Å². The Labute approximate surface area is 192 Å². The largest absolute Gasteiger partial charge is 0.494 e. The normalized spacial score (nSPS) is 10.8. The van der Waals surface area contributed by atoms with Gasteiger partial charge in [-0.3, -0.25) is 4.79 Å². The number of ether oxygens (including phenoxy) is 1. The maximum atomic E-state index is 13.3. The first-order valence-electron chi connectivity index (χ1n) is 10.8. The van der Waals surface area contributed by atoms with E-state index in [0.29, 0.717) is 5.13 Å². The Bertz CT molecular complexity index is 1090. The van der Waals surface area contributed by atoms with Crippen molar-refractivity contribution >= 4 is 22.4 Å². The summed E-state index contributed by atoms with van der Waals surface area (Å²) in [6, 6.07) is 27.6. The molecule has 0 aliphatic carbocycles. The van der Waals surface area contributed by atoms with Gasteiger partial charge < -0.3 is 10.1 Å². The third-order valence-electron chi connectivity index (χ3n) is 5.18. The van der Waals surface area contributed by atoms with Gasteiger partial charge in [0.2, 0.25) is 5.91 Å². The molecule has 4 aromatic rings. The minimum atomic E-state index is -0.399. The molecule has 0 aliphatic rings. The van der Waals surface area contributed by atoms with E-state index in [9.17, 15) is 4.79 Å². The topological polar surface area (TPSA) is 51.2 Å². The predicted octanol–water partition coefficient (Wildman–Crippen LogP) is 6.76. The molecule has 0 radical (unpaired) electrons. The van der Waals surface area contributed by atoms with E-state index < -0.39 is 5.92 Å². The van der Waals surface area contributed by atoms with Crippen LogP contribution in [0.1, 0.15) is 36.8 Å². The number of benzene rings is 3. The number of hydrogen-bond acceptors (Lipinski definition) is 4. The first-order valence-corrected chi connectivity index (χ1v) is 11.7. The molecule has 4 nitrogen and oxygen atoms in total. The van der Waals surface area contributed by atoms with Crippen molar-refractivity contribution in [1.82, 2.24) is 4.98 Å². The Morgan fingerprint density at radius 3 is 2.16 bits per heavy atom. The van der Waals surface area contributed by atoms with Gasteiger partial charge >= 0.3 is 0 Å². The Balaban J connectivity index is 1.49. The zero-order chi connectivity index (χ0) is 22.2. The summed E-state index contributed by atoms with van der Waals surface area (Å²) in [5.74, 6) is 0.367. The van der Waals surface area contributed by atoms with Crippen molar-refractivity contribution in [1.29, 1.82) is 0 Å². The number of aromatic nitrogens is 1. The third kappa shape index (κ3) is 5.42. The fourth-order valence-corrected chi connectivity index (χ4v) is 4.21. The summed E-state index contributed by atoms with van der Waals surface area (Å²) in [5.41, 5.74) is 3.73. The van der Waals surface area contributed by atoms with Gasteiger partial charge in [-0.05, 0) is 41.8 Å². The Hall–Kier alpha value is -3.44. The predicted molar refractivity (Wildman–Crippen MR) is 131 cm³/mol. The van der Waals surface area contributed by atoms with Crippen LogP contribution in [-0.2, 0) is 4.79 Å². The molecule has 0 saturated heterocycles. The van der Waals surface area contributed by atoms with Gasteiger partial charge in [0.25, 0.3) is 0 Å². The molecule has 0 aliphatic heterocycles. The molecule has 0 saturated carbocycles. The van der Waals surface area contributed by atoms with E-state index >= 15 is 0 Å². The Kier molecular flexibility index (Phi) is 7.31. The SMILES string of the molecule is CCCCOc1ccc(-c2csc(NC(=O)C(c3ccccc3)c3ccccc3)n2)cc1. The third-order valence-corrected chi connectivity index (χ3v) is 5.94. The van der Waals surface area contributed by atoms with Crippen molar-refractivity contribution in [3.63, 3.8) is 0 Å². The summed E-state index contributed by atoms with van der Waals surface area (Å²) in [5, 5.41) is 5.57. The number of anilines is 1. The average molecular weight is 443 g/mol. The van der Waals surface area contributed by atoms with Crippen LogP contribution < -0.4 is 10.1 Å². The van der Waals surface area contributed by atoms with E-state index in [1.807, 2.05) is 90.3 Å². The Morgan fingerprint density at radius 2 is 1.56 bits per heavy atom. The van der Waals surface area contributed by atoms with E-state index in [1.54, 1.807) is 0 Å². The molecule has 0 spiro atoms. The molecule has 0 fully saturated rings. The minimum Gasteiger partial charge on any atom is -0.494 e. The second-order valence-electron chi connectivity index (χ2n) is 7.51. The lowest BCUT2D eigenvalue weighted by molar-refractivity contribution is -0.116. The highest BCUT2D eigenvalue weighted by molar-refractivity contribution is 7.14. The molecule has 1 amide bonds. The number of nitrogens with zero attached hydrogens (tertiary/aromatic N) is 1. The fraction of sp³-hybridized carbons (Fsp3) is 0.185. The van der Waals surface area contributed by atoms with Gasteiger partial charge in [-0.15, -0.1) is 11.3 Å². The highest BCUT2D eigenvalue weighted by atomic mass is 32.1. The van der Waals surface area contributed by atoms with Crippen LogP contribution in [0.3, 0.4) is 0 Å². The lowest BCUT2D eigenvalue weighted by Crippen LogP contribution is -2.22. The summed E-state index contributed by atoms with van der Waals surface area (Å²) in [6.07, 6.45) is 2.16. The van der Waals surface area contributed by atoms with E-state index in [1.165, 1.54) is 11.3 Å².